The van der Waals surface area contributed by atoms with Gasteiger partial charge in [-0.05, 0) is 73.8 Å². The molecule has 2 amide bonds. The van der Waals surface area contributed by atoms with E-state index in [-0.39, 0.29) is 35.5 Å². The Bertz CT molecular complexity index is 1410. The van der Waals surface area contributed by atoms with Crippen LogP contribution in [0.4, 0.5) is 5.69 Å². The average molecular weight is 488 g/mol. The van der Waals surface area contributed by atoms with Crippen LogP contribution in [0.3, 0.4) is 0 Å². The molecule has 0 unspecified atom stereocenters. The van der Waals surface area contributed by atoms with Crippen molar-refractivity contribution in [1.29, 1.82) is 5.26 Å². The number of nitrogens with one attached hydrogen (secondary N) is 1. The number of nitriles is 1. The van der Waals surface area contributed by atoms with E-state index in [0.717, 1.165) is 32.2 Å². The zero-order valence-corrected chi connectivity index (χ0v) is 20.2. The number of pyridine rings is 1. The predicted molar refractivity (Wildman–Crippen MR) is 130 cm³/mol. The summed E-state index contributed by atoms with van der Waals surface area (Å²) >= 11 is 2.84. The summed E-state index contributed by atoms with van der Waals surface area (Å²) in [7, 11) is 1.85. The fourth-order valence-electron chi connectivity index (χ4n) is 5.55. The highest BCUT2D eigenvalue weighted by molar-refractivity contribution is 8.01. The molecular formula is C25H21N5O2S2. The van der Waals surface area contributed by atoms with Crippen molar-refractivity contribution in [3.63, 3.8) is 0 Å². The Balaban J connectivity index is 1.32. The third kappa shape index (κ3) is 3.21. The van der Waals surface area contributed by atoms with E-state index in [1.165, 1.54) is 28.0 Å². The van der Waals surface area contributed by atoms with E-state index >= 15 is 0 Å². The lowest BCUT2D eigenvalue weighted by Gasteiger charge is -2.17. The Morgan fingerprint density at radius 3 is 2.59 bits per heavy atom. The standard InChI is InChI=1S/C25H21N5O2S2/c1-12-7-15(11-27-2)17(10-26)22(28-12)34-25-29-18-6-5-16(9-19(18)33-25)30-23(31)20-13-3-4-14(8-13)21(20)24(30)32/h3-7,9,13-14,20-21,27H,8,11H2,1-2H3/t13-,14-,20+,21+/m0/s1. The topological polar surface area (TPSA) is 99.0 Å². The lowest BCUT2D eigenvalue weighted by molar-refractivity contribution is -0.123. The van der Waals surface area contributed by atoms with Crippen molar-refractivity contribution in [2.75, 3.05) is 11.9 Å². The first-order valence-electron chi connectivity index (χ1n) is 11.2. The Morgan fingerprint density at radius 1 is 1.18 bits per heavy atom. The number of benzene rings is 1. The number of hydrogen-bond acceptors (Lipinski definition) is 8. The molecule has 2 fully saturated rings. The molecule has 3 heterocycles. The second kappa shape index (κ2) is 8.01. The molecule has 1 saturated carbocycles. The highest BCUT2D eigenvalue weighted by atomic mass is 32.2. The molecule has 1 saturated heterocycles. The molecular weight excluding hydrogens is 466 g/mol. The Labute approximate surface area is 204 Å². The quantitative estimate of drug-likeness (QED) is 0.428. The van der Waals surface area contributed by atoms with Gasteiger partial charge in [0.25, 0.3) is 0 Å². The zero-order valence-electron chi connectivity index (χ0n) is 18.6. The van der Waals surface area contributed by atoms with E-state index in [4.69, 9.17) is 4.98 Å². The largest absolute Gasteiger partial charge is 0.316 e. The van der Waals surface area contributed by atoms with Crippen LogP contribution in [0.1, 0.15) is 23.2 Å². The third-order valence-electron chi connectivity index (χ3n) is 6.94. The average Bonchev–Trinajstić information content (AvgIpc) is 3.56. The fraction of sp³-hybridized carbons (Fsp3) is 0.320. The van der Waals surface area contributed by atoms with Crippen LogP contribution in [0, 0.1) is 41.9 Å². The maximum absolute atomic E-state index is 13.2. The van der Waals surface area contributed by atoms with E-state index in [1.807, 2.05) is 32.2 Å². The highest BCUT2D eigenvalue weighted by Gasteiger charge is 2.59. The lowest BCUT2D eigenvalue weighted by atomic mass is 9.85. The highest BCUT2D eigenvalue weighted by Crippen LogP contribution is 2.53. The van der Waals surface area contributed by atoms with Gasteiger partial charge < -0.3 is 5.32 Å². The number of fused-ring (bicyclic) bond motifs is 6. The van der Waals surface area contributed by atoms with Crippen LogP contribution in [0.5, 0.6) is 0 Å². The van der Waals surface area contributed by atoms with Gasteiger partial charge in [0.05, 0.1) is 33.3 Å². The van der Waals surface area contributed by atoms with Crippen LogP contribution >= 0.6 is 23.1 Å². The predicted octanol–water partition coefficient (Wildman–Crippen LogP) is 4.05. The van der Waals surface area contributed by atoms with Gasteiger partial charge in [-0.1, -0.05) is 12.2 Å². The van der Waals surface area contributed by atoms with E-state index in [9.17, 15) is 14.9 Å². The van der Waals surface area contributed by atoms with Crippen LogP contribution in [0.15, 0.2) is 45.8 Å². The molecule has 6 rings (SSSR count). The number of hydrogen-bond donors (Lipinski definition) is 1. The van der Waals surface area contributed by atoms with Crippen LogP contribution in [-0.4, -0.2) is 28.8 Å². The molecule has 7 nitrogen and oxygen atoms in total. The van der Waals surface area contributed by atoms with Crippen molar-refractivity contribution in [2.45, 2.75) is 29.3 Å². The van der Waals surface area contributed by atoms with Crippen molar-refractivity contribution in [3.05, 3.63) is 53.2 Å². The molecule has 34 heavy (non-hydrogen) atoms. The van der Waals surface area contributed by atoms with Gasteiger partial charge in [0.2, 0.25) is 11.8 Å². The van der Waals surface area contributed by atoms with Gasteiger partial charge >= 0.3 is 0 Å². The second-order valence-electron chi connectivity index (χ2n) is 8.99. The fourth-order valence-corrected chi connectivity index (χ4v) is 7.73. The van der Waals surface area contributed by atoms with E-state index in [1.54, 1.807) is 6.07 Å². The molecule has 1 aliphatic heterocycles. The van der Waals surface area contributed by atoms with Gasteiger partial charge in [-0.25, -0.2) is 14.9 Å². The number of allylic oxidation sites excluding steroid dienone is 2. The number of aromatic nitrogens is 2. The van der Waals surface area contributed by atoms with Crippen LogP contribution < -0.4 is 10.2 Å². The number of thiazole rings is 1. The number of anilines is 1. The summed E-state index contributed by atoms with van der Waals surface area (Å²) in [4.78, 5) is 37.0. The second-order valence-corrected chi connectivity index (χ2v) is 11.3. The number of aryl methyl sites for hydroxylation is 1. The number of rotatable bonds is 5. The van der Waals surface area contributed by atoms with Crippen LogP contribution in [0.25, 0.3) is 10.2 Å². The Hall–Kier alpha value is -3.06. The SMILES string of the molecule is CNCc1cc(C)nc(Sc2nc3ccc(N4C(=O)[C@H]5[C@H](C4=O)[C@H]4C=C[C@H]5C4)cc3s2)c1C#N. The minimum Gasteiger partial charge on any atom is -0.316 e. The van der Waals surface area contributed by atoms with Gasteiger partial charge in [0.15, 0.2) is 4.34 Å². The molecule has 3 aliphatic rings. The van der Waals surface area contributed by atoms with Crippen molar-refractivity contribution in [3.8, 4) is 6.07 Å². The molecule has 4 atom stereocenters. The summed E-state index contributed by atoms with van der Waals surface area (Å²) in [6.45, 7) is 2.50. The molecule has 1 aromatic carbocycles. The molecule has 2 bridgehead atoms. The zero-order chi connectivity index (χ0) is 23.6. The lowest BCUT2D eigenvalue weighted by Crippen LogP contribution is -2.32. The normalized spacial score (nSPS) is 24.9. The third-order valence-corrected chi connectivity index (χ3v) is 9.01. The molecule has 3 aromatic rings. The van der Waals surface area contributed by atoms with Crippen molar-refractivity contribution >= 4 is 50.8 Å². The minimum atomic E-state index is -0.214. The summed E-state index contributed by atoms with van der Waals surface area (Å²) in [5.41, 5.74) is 3.70. The molecule has 2 aliphatic carbocycles. The molecule has 0 spiro atoms. The molecule has 170 valence electrons. The molecule has 0 radical (unpaired) electrons. The number of carbonyl (C=O) groups is 2. The van der Waals surface area contributed by atoms with Gasteiger partial charge in [0, 0.05) is 12.2 Å². The van der Waals surface area contributed by atoms with Crippen molar-refractivity contribution < 1.29 is 9.59 Å². The number of imide groups is 1. The maximum Gasteiger partial charge on any atom is 0.238 e. The molecule has 9 heteroatoms. The van der Waals surface area contributed by atoms with Crippen LogP contribution in [-0.2, 0) is 16.1 Å². The van der Waals surface area contributed by atoms with E-state index in [0.29, 0.717) is 22.8 Å². The summed E-state index contributed by atoms with van der Waals surface area (Å²) in [6.07, 6.45) is 5.13. The first kappa shape index (κ1) is 21.5. The van der Waals surface area contributed by atoms with Crippen molar-refractivity contribution in [1.82, 2.24) is 15.3 Å². The number of carbonyl (C=O) groups excluding carboxylic acids is 2. The van der Waals surface area contributed by atoms with Gasteiger partial charge in [-0.15, -0.1) is 11.3 Å². The van der Waals surface area contributed by atoms with Gasteiger partial charge in [-0.3, -0.25) is 9.59 Å². The van der Waals surface area contributed by atoms with Crippen molar-refractivity contribution in [2.24, 2.45) is 23.7 Å². The molecule has 2 aromatic heterocycles. The summed E-state index contributed by atoms with van der Waals surface area (Å²) < 4.78 is 1.65. The molecule has 1 N–H and O–H groups in total. The van der Waals surface area contributed by atoms with Crippen LogP contribution in [0.2, 0.25) is 0 Å². The first-order chi connectivity index (χ1) is 16.5. The minimum absolute atomic E-state index is 0.0787. The van der Waals surface area contributed by atoms with Gasteiger partial charge in [-0.2, -0.15) is 5.26 Å². The summed E-state index contributed by atoms with van der Waals surface area (Å²) in [5.74, 6) is -0.204. The van der Waals surface area contributed by atoms with E-state index < -0.39 is 0 Å². The monoisotopic (exact) mass is 487 g/mol. The summed E-state index contributed by atoms with van der Waals surface area (Å²) in [6, 6.07) is 9.75. The maximum atomic E-state index is 13.2. The Kier molecular flexibility index (Phi) is 5.06. The van der Waals surface area contributed by atoms with Gasteiger partial charge in [0.1, 0.15) is 11.1 Å². The number of nitrogens with zero attached hydrogens (tertiary/aromatic N) is 4. The number of amides is 2. The van der Waals surface area contributed by atoms with E-state index in [2.05, 4.69) is 28.5 Å². The Morgan fingerprint density at radius 2 is 1.91 bits per heavy atom. The smallest absolute Gasteiger partial charge is 0.238 e. The first-order valence-corrected chi connectivity index (χ1v) is 12.8. The summed E-state index contributed by atoms with van der Waals surface area (Å²) in [5, 5.41) is 13.5.